The zero-order valence-electron chi connectivity index (χ0n) is 15.2. The van der Waals surface area contributed by atoms with Crippen molar-refractivity contribution < 1.29 is 4.39 Å². The zero-order valence-corrected chi connectivity index (χ0v) is 15.2. The SMILES string of the molecule is C#C/C(=C\C(=C)C)C(=C)c1cccc(C)c1C(C)(F)C(C)(C)C. The van der Waals surface area contributed by atoms with Gasteiger partial charge in [0.2, 0.25) is 0 Å². The first-order chi connectivity index (χ1) is 10.4. The van der Waals surface area contributed by atoms with Crippen LogP contribution in [0.2, 0.25) is 0 Å². The van der Waals surface area contributed by atoms with E-state index in [0.29, 0.717) is 16.7 Å². The first kappa shape index (κ1) is 19.0. The smallest absolute Gasteiger partial charge is 0.138 e. The molecule has 122 valence electrons. The third kappa shape index (κ3) is 3.82. The van der Waals surface area contributed by atoms with E-state index in [9.17, 15) is 0 Å². The highest BCUT2D eigenvalue weighted by molar-refractivity contribution is 5.84. The zero-order chi connectivity index (χ0) is 18.0. The van der Waals surface area contributed by atoms with Crippen LogP contribution in [-0.4, -0.2) is 0 Å². The molecule has 1 heteroatoms. The summed E-state index contributed by atoms with van der Waals surface area (Å²) in [4.78, 5) is 0. The first-order valence-corrected chi connectivity index (χ1v) is 7.76. The normalized spacial score (nSPS) is 14.8. The van der Waals surface area contributed by atoms with Crippen LogP contribution in [0.15, 0.2) is 48.6 Å². The molecule has 0 saturated carbocycles. The molecule has 0 aliphatic heterocycles. The molecule has 0 nitrogen and oxygen atoms in total. The third-order valence-electron chi connectivity index (χ3n) is 4.35. The maximum absolute atomic E-state index is 15.7. The minimum Gasteiger partial charge on any atom is -0.238 e. The van der Waals surface area contributed by atoms with Crippen LogP contribution in [0.25, 0.3) is 5.57 Å². The molecule has 0 radical (unpaired) electrons. The predicted molar refractivity (Wildman–Crippen MR) is 99.9 cm³/mol. The van der Waals surface area contributed by atoms with Gasteiger partial charge >= 0.3 is 0 Å². The molecule has 1 aromatic carbocycles. The Morgan fingerprint density at radius 3 is 2.22 bits per heavy atom. The van der Waals surface area contributed by atoms with E-state index in [1.165, 1.54) is 0 Å². The fraction of sp³-hybridized carbons (Fsp3) is 0.364. The van der Waals surface area contributed by atoms with E-state index in [1.54, 1.807) is 13.0 Å². The summed E-state index contributed by atoms with van der Waals surface area (Å²) < 4.78 is 15.7. The number of halogens is 1. The fourth-order valence-corrected chi connectivity index (χ4v) is 2.52. The molecule has 1 rings (SSSR count). The summed E-state index contributed by atoms with van der Waals surface area (Å²) in [5.41, 5.74) is 2.37. The summed E-state index contributed by atoms with van der Waals surface area (Å²) in [5.74, 6) is 2.65. The number of hydrogen-bond donors (Lipinski definition) is 0. The molecule has 0 fully saturated rings. The van der Waals surface area contributed by atoms with Gasteiger partial charge in [0.25, 0.3) is 0 Å². The number of alkyl halides is 1. The number of terminal acetylenes is 1. The first-order valence-electron chi connectivity index (χ1n) is 7.76. The van der Waals surface area contributed by atoms with Gasteiger partial charge in [0.1, 0.15) is 5.67 Å². The standard InChI is InChI=1S/C22H27F/c1-10-18(14-15(2)3)17(5)19-13-11-12-16(4)20(19)22(9,23)21(6,7)8/h1,11-14H,2,5H2,3-4,6-9H3/b18-14+. The minimum atomic E-state index is -1.51. The monoisotopic (exact) mass is 310 g/mol. The van der Waals surface area contributed by atoms with Crippen LogP contribution in [-0.2, 0) is 5.67 Å². The number of allylic oxidation sites excluding steroid dienone is 4. The van der Waals surface area contributed by atoms with Crippen molar-refractivity contribution in [3.05, 3.63) is 65.3 Å². The summed E-state index contributed by atoms with van der Waals surface area (Å²) in [6, 6.07) is 5.72. The lowest BCUT2D eigenvalue weighted by molar-refractivity contribution is 0.0443. The predicted octanol–water partition coefficient (Wildman–Crippen LogP) is 6.37. The molecule has 23 heavy (non-hydrogen) atoms. The molecule has 0 N–H and O–H groups in total. The van der Waals surface area contributed by atoms with Crippen LogP contribution < -0.4 is 0 Å². The summed E-state index contributed by atoms with van der Waals surface area (Å²) in [6.45, 7) is 19.1. The Bertz CT molecular complexity index is 700. The molecule has 0 spiro atoms. The van der Waals surface area contributed by atoms with Gasteiger partial charge in [0.05, 0.1) is 0 Å². The largest absolute Gasteiger partial charge is 0.238 e. The Labute approximate surface area is 140 Å². The summed E-state index contributed by atoms with van der Waals surface area (Å²) in [6.07, 6.45) is 7.43. The van der Waals surface area contributed by atoms with Crippen LogP contribution in [0.3, 0.4) is 0 Å². The lowest BCUT2D eigenvalue weighted by Gasteiger charge is -2.37. The van der Waals surface area contributed by atoms with Crippen molar-refractivity contribution in [2.45, 2.75) is 47.2 Å². The summed E-state index contributed by atoms with van der Waals surface area (Å²) in [7, 11) is 0. The van der Waals surface area contributed by atoms with Gasteiger partial charge in [-0.2, -0.15) is 0 Å². The van der Waals surface area contributed by atoms with E-state index in [-0.39, 0.29) is 0 Å². The second-order valence-electron chi connectivity index (χ2n) is 7.28. The van der Waals surface area contributed by atoms with Crippen molar-refractivity contribution in [1.29, 1.82) is 0 Å². The highest BCUT2D eigenvalue weighted by Crippen LogP contribution is 2.47. The van der Waals surface area contributed by atoms with E-state index in [4.69, 9.17) is 6.42 Å². The average molecular weight is 310 g/mol. The van der Waals surface area contributed by atoms with Crippen LogP contribution in [0, 0.1) is 24.7 Å². The van der Waals surface area contributed by atoms with Gasteiger partial charge < -0.3 is 0 Å². The van der Waals surface area contributed by atoms with Gasteiger partial charge in [-0.15, -0.1) is 6.42 Å². The molecule has 0 bridgehead atoms. The Morgan fingerprint density at radius 2 is 1.78 bits per heavy atom. The van der Waals surface area contributed by atoms with Crippen LogP contribution in [0.5, 0.6) is 0 Å². The van der Waals surface area contributed by atoms with Crippen LogP contribution in [0.1, 0.15) is 51.3 Å². The topological polar surface area (TPSA) is 0 Å². The maximum atomic E-state index is 15.7. The molecule has 1 aromatic rings. The van der Waals surface area contributed by atoms with Gasteiger partial charge in [-0.25, -0.2) is 4.39 Å². The van der Waals surface area contributed by atoms with E-state index in [1.807, 2.05) is 52.8 Å². The average Bonchev–Trinajstić information content (AvgIpc) is 2.41. The molecule has 1 unspecified atom stereocenters. The summed E-state index contributed by atoms with van der Waals surface area (Å²) >= 11 is 0. The second-order valence-corrected chi connectivity index (χ2v) is 7.28. The summed E-state index contributed by atoms with van der Waals surface area (Å²) in [5, 5.41) is 0. The van der Waals surface area contributed by atoms with E-state index >= 15 is 4.39 Å². The molecule has 0 saturated heterocycles. The fourth-order valence-electron chi connectivity index (χ4n) is 2.52. The van der Waals surface area contributed by atoms with Crippen LogP contribution in [0.4, 0.5) is 4.39 Å². The number of rotatable bonds is 4. The van der Waals surface area contributed by atoms with Gasteiger partial charge in [0.15, 0.2) is 0 Å². The Balaban J connectivity index is 3.65. The molecule has 0 aliphatic rings. The van der Waals surface area contributed by atoms with Crippen molar-refractivity contribution in [3.8, 4) is 12.3 Å². The van der Waals surface area contributed by atoms with Crippen LogP contribution >= 0.6 is 0 Å². The van der Waals surface area contributed by atoms with Crippen molar-refractivity contribution in [1.82, 2.24) is 0 Å². The Kier molecular flexibility index (Phi) is 5.43. The van der Waals surface area contributed by atoms with Crippen molar-refractivity contribution in [2.24, 2.45) is 5.41 Å². The second kappa shape index (κ2) is 6.59. The van der Waals surface area contributed by atoms with Gasteiger partial charge in [0, 0.05) is 11.1 Å². The van der Waals surface area contributed by atoms with Gasteiger partial charge in [-0.1, -0.05) is 63.6 Å². The van der Waals surface area contributed by atoms with E-state index in [0.717, 1.165) is 16.7 Å². The highest BCUT2D eigenvalue weighted by atomic mass is 19.1. The number of aryl methyl sites for hydroxylation is 1. The molecular formula is C22H27F. The highest BCUT2D eigenvalue weighted by Gasteiger charge is 2.42. The quantitative estimate of drug-likeness (QED) is 0.447. The van der Waals surface area contributed by atoms with E-state index in [2.05, 4.69) is 19.1 Å². The molecular weight excluding hydrogens is 283 g/mol. The Morgan fingerprint density at radius 1 is 1.22 bits per heavy atom. The minimum absolute atomic E-state index is 0.553. The van der Waals surface area contributed by atoms with Crippen molar-refractivity contribution in [3.63, 3.8) is 0 Å². The van der Waals surface area contributed by atoms with Crippen molar-refractivity contribution in [2.75, 3.05) is 0 Å². The number of benzene rings is 1. The molecule has 0 amide bonds. The molecule has 0 heterocycles. The number of hydrogen-bond acceptors (Lipinski definition) is 0. The van der Waals surface area contributed by atoms with Gasteiger partial charge in [-0.3, -0.25) is 0 Å². The molecule has 0 aliphatic carbocycles. The third-order valence-corrected chi connectivity index (χ3v) is 4.35. The Hall–Kier alpha value is -2.07. The lowest BCUT2D eigenvalue weighted by Crippen LogP contribution is -2.34. The lowest BCUT2D eigenvalue weighted by atomic mass is 9.71. The molecule has 1 atom stereocenters. The maximum Gasteiger partial charge on any atom is 0.138 e. The van der Waals surface area contributed by atoms with Gasteiger partial charge in [-0.05, 0) is 49.0 Å². The molecule has 0 aromatic heterocycles. The van der Waals surface area contributed by atoms with E-state index < -0.39 is 11.1 Å². The van der Waals surface area contributed by atoms with Crippen molar-refractivity contribution >= 4 is 5.57 Å².